The van der Waals surface area contributed by atoms with Gasteiger partial charge >= 0.3 is 0 Å². The Morgan fingerprint density at radius 2 is 1.50 bits per heavy atom. The van der Waals surface area contributed by atoms with Gasteiger partial charge in [-0.3, -0.25) is 4.90 Å². The van der Waals surface area contributed by atoms with E-state index in [0.717, 1.165) is 17.1 Å². The van der Waals surface area contributed by atoms with Crippen LogP contribution >= 0.6 is 24.4 Å². The average molecular weight is 330 g/mol. The fourth-order valence-corrected chi connectivity index (χ4v) is 2.33. The van der Waals surface area contributed by atoms with Crippen LogP contribution in [0.4, 0.5) is 17.1 Å². The van der Waals surface area contributed by atoms with Crippen molar-refractivity contribution < 1.29 is 0 Å². The Bertz CT molecular complexity index is 658. The van der Waals surface area contributed by atoms with Crippen molar-refractivity contribution in [1.82, 2.24) is 10.6 Å². The number of rotatable bonds is 3. The van der Waals surface area contributed by atoms with Crippen molar-refractivity contribution in [3.8, 4) is 0 Å². The van der Waals surface area contributed by atoms with Crippen LogP contribution in [-0.4, -0.2) is 24.3 Å². The second-order valence-corrected chi connectivity index (χ2v) is 5.24. The minimum Gasteiger partial charge on any atom is -0.366 e. The number of hydrogen-bond acceptors (Lipinski definition) is 2. The topological polar surface area (TPSA) is 39.3 Å². The highest BCUT2D eigenvalue weighted by Crippen LogP contribution is 2.32. The summed E-state index contributed by atoms with van der Waals surface area (Å²) < 4.78 is 0. The summed E-state index contributed by atoms with van der Waals surface area (Å²) in [4.78, 5) is 1.97. The summed E-state index contributed by atoms with van der Waals surface area (Å²) in [6.45, 7) is 0. The highest BCUT2D eigenvalue weighted by atomic mass is 32.1. The normalized spacial score (nSPS) is 9.73. The maximum atomic E-state index is 5.48. The fourth-order valence-electron chi connectivity index (χ4n) is 2.01. The lowest BCUT2D eigenvalue weighted by molar-refractivity contribution is 1.14. The zero-order valence-corrected chi connectivity index (χ0v) is 14.1. The Balaban J connectivity index is 2.49. The summed E-state index contributed by atoms with van der Waals surface area (Å²) in [5.74, 6) is 0. The third kappa shape index (κ3) is 3.72. The Kier molecular flexibility index (Phi) is 5.68. The van der Waals surface area contributed by atoms with E-state index in [1.165, 1.54) is 0 Å². The van der Waals surface area contributed by atoms with Crippen molar-refractivity contribution >= 4 is 51.7 Å². The lowest BCUT2D eigenvalue weighted by atomic mass is 10.2. The van der Waals surface area contributed by atoms with Crippen LogP contribution in [0.1, 0.15) is 0 Å². The van der Waals surface area contributed by atoms with Crippen molar-refractivity contribution in [2.75, 3.05) is 24.3 Å². The van der Waals surface area contributed by atoms with E-state index in [-0.39, 0.29) is 0 Å². The second-order valence-electron chi connectivity index (χ2n) is 4.45. The van der Waals surface area contributed by atoms with Gasteiger partial charge in [0.2, 0.25) is 0 Å². The van der Waals surface area contributed by atoms with E-state index in [4.69, 9.17) is 24.4 Å². The molecule has 0 aliphatic rings. The monoisotopic (exact) mass is 330 g/mol. The first-order valence-electron chi connectivity index (χ1n) is 6.82. The van der Waals surface area contributed by atoms with Crippen LogP contribution in [0, 0.1) is 0 Å². The summed E-state index contributed by atoms with van der Waals surface area (Å²) in [6, 6.07) is 17.8. The molecule has 0 amide bonds. The molecule has 0 bridgehead atoms. The first kappa shape index (κ1) is 16.2. The van der Waals surface area contributed by atoms with E-state index in [0.29, 0.717) is 10.2 Å². The molecule has 6 heteroatoms. The number of hydrogen-bond donors (Lipinski definition) is 3. The van der Waals surface area contributed by atoms with E-state index in [1.54, 1.807) is 7.05 Å². The Morgan fingerprint density at radius 1 is 0.864 bits per heavy atom. The summed E-state index contributed by atoms with van der Waals surface area (Å²) >= 11 is 10.7. The number of anilines is 3. The molecule has 0 heterocycles. The molecule has 0 atom stereocenters. The molecular formula is C16H18N4S2. The maximum Gasteiger partial charge on any atom is 0.177 e. The molecule has 0 fully saturated rings. The van der Waals surface area contributed by atoms with E-state index in [9.17, 15) is 0 Å². The first-order chi connectivity index (χ1) is 10.7. The van der Waals surface area contributed by atoms with Crippen molar-refractivity contribution in [2.45, 2.75) is 0 Å². The summed E-state index contributed by atoms with van der Waals surface area (Å²) in [6.07, 6.45) is 0. The van der Waals surface area contributed by atoms with E-state index in [1.807, 2.05) is 66.5 Å². The van der Waals surface area contributed by atoms with Gasteiger partial charge in [-0.25, -0.2) is 0 Å². The lowest BCUT2D eigenvalue weighted by Gasteiger charge is -2.27. The lowest BCUT2D eigenvalue weighted by Crippen LogP contribution is -2.35. The summed E-state index contributed by atoms with van der Waals surface area (Å²) in [5.41, 5.74) is 2.78. The molecule has 0 spiro atoms. The highest BCUT2D eigenvalue weighted by Gasteiger charge is 2.17. The first-order valence-corrected chi connectivity index (χ1v) is 7.63. The van der Waals surface area contributed by atoms with Gasteiger partial charge in [0.25, 0.3) is 0 Å². The van der Waals surface area contributed by atoms with Gasteiger partial charge in [-0.15, -0.1) is 0 Å². The Morgan fingerprint density at radius 3 is 2.14 bits per heavy atom. The largest absolute Gasteiger partial charge is 0.366 e. The molecule has 3 N–H and O–H groups in total. The van der Waals surface area contributed by atoms with Gasteiger partial charge in [-0.05, 0) is 48.7 Å². The predicted molar refractivity (Wildman–Crippen MR) is 102 cm³/mol. The summed E-state index contributed by atoms with van der Waals surface area (Å²) in [7, 11) is 3.59. The molecule has 4 nitrogen and oxygen atoms in total. The molecular weight excluding hydrogens is 312 g/mol. The van der Waals surface area contributed by atoms with Gasteiger partial charge in [0, 0.05) is 19.8 Å². The molecule has 2 rings (SSSR count). The minimum absolute atomic E-state index is 0.552. The van der Waals surface area contributed by atoms with Crippen LogP contribution in [0.3, 0.4) is 0 Å². The third-order valence-corrected chi connectivity index (χ3v) is 3.74. The van der Waals surface area contributed by atoms with Gasteiger partial charge in [-0.1, -0.05) is 30.3 Å². The predicted octanol–water partition coefficient (Wildman–Crippen LogP) is 3.25. The van der Waals surface area contributed by atoms with Crippen LogP contribution in [-0.2, 0) is 0 Å². The fraction of sp³-hybridized carbons (Fsp3) is 0.125. The molecule has 0 saturated carbocycles. The van der Waals surface area contributed by atoms with Crippen molar-refractivity contribution in [2.24, 2.45) is 0 Å². The molecule has 2 aromatic rings. The van der Waals surface area contributed by atoms with Crippen molar-refractivity contribution in [3.63, 3.8) is 0 Å². The number of thiocarbonyl (C=S) groups is 2. The van der Waals surface area contributed by atoms with Gasteiger partial charge in [0.05, 0.1) is 11.4 Å². The van der Waals surface area contributed by atoms with Crippen LogP contribution < -0.4 is 20.9 Å². The number of para-hydroxylation sites is 3. The molecule has 0 aliphatic heterocycles. The number of nitrogens with one attached hydrogen (secondary N) is 3. The zero-order valence-electron chi connectivity index (χ0n) is 12.5. The van der Waals surface area contributed by atoms with Crippen LogP contribution in [0.5, 0.6) is 0 Å². The molecule has 0 aliphatic carbocycles. The van der Waals surface area contributed by atoms with Crippen molar-refractivity contribution in [1.29, 1.82) is 0 Å². The SMILES string of the molecule is CNC(=S)Nc1ccccc1N(C(=S)NC)c1ccccc1. The van der Waals surface area contributed by atoms with Gasteiger partial charge in [0.1, 0.15) is 0 Å². The standard InChI is InChI=1S/C16H18N4S2/c1-17-15(21)19-13-10-6-7-11-14(13)20(16(22)18-2)12-8-4-3-5-9-12/h3-11H,1-2H3,(H,18,22)(H2,17,19,21). The number of nitrogens with zero attached hydrogens (tertiary/aromatic N) is 1. The minimum atomic E-state index is 0.552. The van der Waals surface area contributed by atoms with Gasteiger partial charge < -0.3 is 16.0 Å². The zero-order chi connectivity index (χ0) is 15.9. The quantitative estimate of drug-likeness (QED) is 0.751. The van der Waals surface area contributed by atoms with Crippen molar-refractivity contribution in [3.05, 3.63) is 54.6 Å². The van der Waals surface area contributed by atoms with E-state index >= 15 is 0 Å². The molecule has 2 aromatic carbocycles. The highest BCUT2D eigenvalue weighted by molar-refractivity contribution is 7.80. The summed E-state index contributed by atoms with van der Waals surface area (Å²) in [5, 5.41) is 10.3. The van der Waals surface area contributed by atoms with E-state index < -0.39 is 0 Å². The molecule has 114 valence electrons. The molecule has 0 radical (unpaired) electrons. The Labute approximate surface area is 141 Å². The van der Waals surface area contributed by atoms with Crippen LogP contribution in [0.25, 0.3) is 0 Å². The second kappa shape index (κ2) is 7.72. The Hall–Kier alpha value is -2.18. The molecule has 22 heavy (non-hydrogen) atoms. The van der Waals surface area contributed by atoms with Crippen LogP contribution in [0.2, 0.25) is 0 Å². The maximum absolute atomic E-state index is 5.48. The molecule has 0 unspecified atom stereocenters. The number of benzene rings is 2. The van der Waals surface area contributed by atoms with E-state index in [2.05, 4.69) is 16.0 Å². The smallest absolute Gasteiger partial charge is 0.177 e. The van der Waals surface area contributed by atoms with Crippen LogP contribution in [0.15, 0.2) is 54.6 Å². The molecule has 0 saturated heterocycles. The average Bonchev–Trinajstić information content (AvgIpc) is 2.57. The third-order valence-electron chi connectivity index (χ3n) is 3.05. The van der Waals surface area contributed by atoms with Gasteiger partial charge in [0.15, 0.2) is 10.2 Å². The molecule has 0 aromatic heterocycles. The van der Waals surface area contributed by atoms with Gasteiger partial charge in [-0.2, -0.15) is 0 Å².